The van der Waals surface area contributed by atoms with Gasteiger partial charge in [-0.25, -0.2) is 0 Å². The zero-order chi connectivity index (χ0) is 40.8. The van der Waals surface area contributed by atoms with Crippen LogP contribution in [0.3, 0.4) is 0 Å². The lowest BCUT2D eigenvalue weighted by atomic mass is 9.82. The summed E-state index contributed by atoms with van der Waals surface area (Å²) >= 11 is 0. The zero-order valence-electron chi connectivity index (χ0n) is 28.9. The fourth-order valence-corrected chi connectivity index (χ4v) is 5.59. The van der Waals surface area contributed by atoms with E-state index in [2.05, 4.69) is 0 Å². The van der Waals surface area contributed by atoms with Crippen LogP contribution in [0, 0.1) is 0 Å². The molecule has 0 aliphatic rings. The molecule has 2 aromatic rings. The first-order valence-electron chi connectivity index (χ1n) is 16.2. The van der Waals surface area contributed by atoms with Crippen LogP contribution in [-0.2, 0) is 24.7 Å². The zero-order valence-corrected chi connectivity index (χ0v) is 28.9. The van der Waals surface area contributed by atoms with Crippen LogP contribution >= 0.6 is 0 Å². The van der Waals surface area contributed by atoms with Crippen molar-refractivity contribution in [3.63, 3.8) is 0 Å². The summed E-state index contributed by atoms with van der Waals surface area (Å²) in [5.74, 6) is -64.1. The highest BCUT2D eigenvalue weighted by Gasteiger charge is 2.95. The van der Waals surface area contributed by atoms with Crippen molar-refractivity contribution in [2.45, 2.75) is 139 Å². The second-order valence-electron chi connectivity index (χ2n) is 13.0. The van der Waals surface area contributed by atoms with Crippen LogP contribution in [0.1, 0.15) is 112 Å². The van der Waals surface area contributed by atoms with Crippen LogP contribution in [0.2, 0.25) is 0 Å². The van der Waals surface area contributed by atoms with E-state index in [1.165, 1.54) is 41.5 Å². The quantitative estimate of drug-likeness (QED) is 0.124. The second-order valence-corrected chi connectivity index (χ2v) is 13.0. The average Bonchev–Trinajstić information content (AvgIpc) is 3.05. The largest absolute Gasteiger partial charge is 0.398 e. The van der Waals surface area contributed by atoms with Gasteiger partial charge in [0.15, 0.2) is 0 Å². The molecule has 298 valence electrons. The number of hydrogen-bond donors (Lipinski definition) is 2. The molecule has 18 heteroatoms. The molecule has 2 rings (SSSR count). The normalized spacial score (nSPS) is 15.6. The molecule has 0 heterocycles. The summed E-state index contributed by atoms with van der Waals surface area (Å²) in [4.78, 5) is 0. The van der Waals surface area contributed by atoms with Crippen LogP contribution in [0.25, 0.3) is 0 Å². The lowest BCUT2D eigenvalue weighted by molar-refractivity contribution is -0.456. The Morgan fingerprint density at radius 1 is 0.442 bits per heavy atom. The third kappa shape index (κ3) is 6.66. The van der Waals surface area contributed by atoms with Gasteiger partial charge in [0.1, 0.15) is 0 Å². The fourth-order valence-electron chi connectivity index (χ4n) is 5.59. The lowest BCUT2D eigenvalue weighted by Crippen LogP contribution is -2.74. The Kier molecular flexibility index (Phi) is 12.7. The topological polar surface area (TPSA) is 52.0 Å². The number of hydrogen-bond acceptors (Lipinski definition) is 2. The minimum Gasteiger partial charge on any atom is -0.398 e. The maximum atomic E-state index is 15.3. The van der Waals surface area contributed by atoms with Crippen molar-refractivity contribution in [1.29, 1.82) is 0 Å². The first-order chi connectivity index (χ1) is 23.4. The molecule has 0 fully saturated rings. The summed E-state index contributed by atoms with van der Waals surface area (Å²) in [6.07, 6.45) is -0.219. The molecule has 2 unspecified atom stereocenters. The number of aryl methyl sites for hydroxylation is 2. The van der Waals surface area contributed by atoms with Gasteiger partial charge in [0, 0.05) is 22.5 Å². The Balaban J connectivity index is 2.82. The van der Waals surface area contributed by atoms with Gasteiger partial charge in [-0.2, -0.15) is 70.2 Å². The number of nitrogens with two attached hydrogens (primary N) is 2. The third-order valence-electron chi connectivity index (χ3n) is 9.41. The van der Waals surface area contributed by atoms with E-state index < -0.39 is 70.3 Å². The van der Waals surface area contributed by atoms with Crippen LogP contribution in [0.15, 0.2) is 24.3 Å². The third-order valence-corrected chi connectivity index (χ3v) is 9.41. The van der Waals surface area contributed by atoms with Gasteiger partial charge >= 0.3 is 47.4 Å². The van der Waals surface area contributed by atoms with Crippen molar-refractivity contribution >= 4 is 11.4 Å². The highest BCUT2D eigenvalue weighted by Crippen LogP contribution is 2.66. The molecule has 0 aromatic heterocycles. The standard InChI is InChI=1S/C34H40F16N2/c1-7-11-19-13-21(15-23(25(19)51)17(5)9-3)27(35,36)29(39,40)31(43,44)33(47,48)34(49,50)32(45,46)30(41,42)28(37,38)22-14-20(12-8-2)26(52)24(16-22)18(6)10-4/h13-18H,7-12,51-52H2,1-6H3. The minimum atomic E-state index is -8.54. The van der Waals surface area contributed by atoms with Crippen molar-refractivity contribution in [2.75, 3.05) is 11.5 Å². The Morgan fingerprint density at radius 3 is 0.923 bits per heavy atom. The molecule has 0 bridgehead atoms. The van der Waals surface area contributed by atoms with Crippen molar-refractivity contribution in [3.05, 3.63) is 57.6 Å². The first kappa shape index (κ1) is 45.1. The molecule has 2 aromatic carbocycles. The Morgan fingerprint density at radius 2 is 0.692 bits per heavy atom. The molecule has 0 aliphatic heterocycles. The van der Waals surface area contributed by atoms with E-state index in [-0.39, 0.29) is 96.4 Å². The second kappa shape index (κ2) is 14.6. The van der Waals surface area contributed by atoms with Gasteiger partial charge in [0.2, 0.25) is 0 Å². The number of rotatable bonds is 17. The van der Waals surface area contributed by atoms with E-state index >= 15 is 35.1 Å². The minimum absolute atomic E-state index is 0.0742. The molecule has 2 nitrogen and oxygen atoms in total. The number of benzene rings is 2. The molecule has 0 amide bonds. The predicted molar refractivity (Wildman–Crippen MR) is 165 cm³/mol. The van der Waals surface area contributed by atoms with Gasteiger partial charge in [-0.05, 0) is 84.0 Å². The fraction of sp³-hybridized carbons (Fsp3) is 0.647. The van der Waals surface area contributed by atoms with Gasteiger partial charge in [-0.1, -0.05) is 54.4 Å². The lowest BCUT2D eigenvalue weighted by Gasteiger charge is -2.44. The van der Waals surface area contributed by atoms with E-state index in [9.17, 15) is 35.1 Å². The van der Waals surface area contributed by atoms with E-state index in [0.717, 1.165) is 0 Å². The maximum absolute atomic E-state index is 15.3. The summed E-state index contributed by atoms with van der Waals surface area (Å²) in [6, 6.07) is 0.418. The maximum Gasteiger partial charge on any atom is 0.385 e. The summed E-state index contributed by atoms with van der Waals surface area (Å²) in [5.41, 5.74) is 5.40. The monoisotopic (exact) mass is 780 g/mol. The highest BCUT2D eigenvalue weighted by molar-refractivity contribution is 5.59. The molecule has 2 atom stereocenters. The molecule has 52 heavy (non-hydrogen) atoms. The van der Waals surface area contributed by atoms with Crippen molar-refractivity contribution in [2.24, 2.45) is 0 Å². The molecule has 0 aliphatic carbocycles. The molecule has 0 saturated heterocycles. The van der Waals surface area contributed by atoms with Crippen molar-refractivity contribution < 1.29 is 70.2 Å². The number of anilines is 2. The highest BCUT2D eigenvalue weighted by atomic mass is 19.4. The van der Waals surface area contributed by atoms with Gasteiger partial charge in [-0.15, -0.1) is 0 Å². The molecular formula is C34H40F16N2. The Hall–Kier alpha value is -3.08. The van der Waals surface area contributed by atoms with Crippen molar-refractivity contribution in [3.8, 4) is 0 Å². The summed E-state index contributed by atoms with van der Waals surface area (Å²) < 4.78 is 241. The molecule has 4 N–H and O–H groups in total. The van der Waals surface area contributed by atoms with Crippen molar-refractivity contribution in [1.82, 2.24) is 0 Å². The van der Waals surface area contributed by atoms with E-state index in [1.54, 1.807) is 0 Å². The average molecular weight is 781 g/mol. The van der Waals surface area contributed by atoms with Crippen LogP contribution in [-0.4, -0.2) is 35.5 Å². The number of alkyl halides is 16. The van der Waals surface area contributed by atoms with Crippen LogP contribution < -0.4 is 11.5 Å². The van der Waals surface area contributed by atoms with Crippen LogP contribution in [0.4, 0.5) is 81.6 Å². The van der Waals surface area contributed by atoms with Gasteiger partial charge in [0.25, 0.3) is 0 Å². The molecular weight excluding hydrogens is 740 g/mol. The predicted octanol–water partition coefficient (Wildman–Crippen LogP) is 12.5. The number of halogens is 16. The first-order valence-corrected chi connectivity index (χ1v) is 16.2. The molecule has 0 radical (unpaired) electrons. The van der Waals surface area contributed by atoms with E-state index in [0.29, 0.717) is 0 Å². The molecule has 0 spiro atoms. The van der Waals surface area contributed by atoms with Gasteiger partial charge in [-0.3, -0.25) is 0 Å². The Labute approximate surface area is 290 Å². The summed E-state index contributed by atoms with van der Waals surface area (Å²) in [7, 11) is 0. The smallest absolute Gasteiger partial charge is 0.385 e. The number of nitrogen functional groups attached to an aromatic ring is 2. The molecule has 0 saturated carbocycles. The van der Waals surface area contributed by atoms with Crippen LogP contribution in [0.5, 0.6) is 0 Å². The van der Waals surface area contributed by atoms with E-state index in [4.69, 9.17) is 11.5 Å². The van der Waals surface area contributed by atoms with E-state index in [1.807, 2.05) is 0 Å². The van der Waals surface area contributed by atoms with Gasteiger partial charge < -0.3 is 11.5 Å². The Bertz CT molecular complexity index is 1450. The SMILES string of the molecule is CCCc1cc(C(F)(F)C(F)(F)C(F)(F)C(F)(F)C(F)(F)C(F)(F)C(F)(F)C(F)(F)c2cc(CCC)c(N)c(C(C)CC)c2)cc(C(C)CC)c1N. The summed E-state index contributed by atoms with van der Waals surface area (Å²) in [6.45, 7) is 8.45. The van der Waals surface area contributed by atoms with Gasteiger partial charge in [0.05, 0.1) is 0 Å². The summed E-state index contributed by atoms with van der Waals surface area (Å²) in [5, 5.41) is 0.